The fraction of sp³-hybridized carbons (Fsp3) is 0.800. The van der Waals surface area contributed by atoms with Gasteiger partial charge in [-0.3, -0.25) is 14.2 Å². The van der Waals surface area contributed by atoms with E-state index in [1.165, 1.54) is 57.8 Å². The molecule has 372 valence electrons. The number of unbranched alkanes of at least 4 members (excludes halogenated alkanes) is 15. The summed E-state index contributed by atoms with van der Waals surface area (Å²) in [6.45, 7) is 3.78. The van der Waals surface area contributed by atoms with Gasteiger partial charge in [-0.1, -0.05) is 140 Å². The molecule has 0 spiro atoms. The van der Waals surface area contributed by atoms with Gasteiger partial charge in [-0.2, -0.15) is 0 Å². The summed E-state index contributed by atoms with van der Waals surface area (Å²) in [5.41, 5.74) is 0. The van der Waals surface area contributed by atoms with Crippen LogP contribution in [0.5, 0.6) is 0 Å². The molecule has 1 saturated heterocycles. The Kier molecular flexibility index (Phi) is 35.4. The lowest BCUT2D eigenvalue weighted by Gasteiger charge is -2.36. The van der Waals surface area contributed by atoms with E-state index >= 15 is 0 Å². The van der Waals surface area contributed by atoms with Gasteiger partial charge in [0.05, 0.1) is 46.1 Å². The summed E-state index contributed by atoms with van der Waals surface area (Å²) in [4.78, 5) is 37.9. The van der Waals surface area contributed by atoms with Crippen molar-refractivity contribution in [1.29, 1.82) is 0 Å². The normalized spacial score (nSPS) is 20.4. The molecule has 0 bridgehead atoms. The van der Waals surface area contributed by atoms with Gasteiger partial charge in [-0.15, -0.1) is 0 Å². The van der Waals surface area contributed by atoms with E-state index in [1.54, 1.807) is 12.2 Å². The number of carbonyl (C=O) groups excluding carboxylic acids is 2. The lowest BCUT2D eigenvalue weighted by atomic mass is 9.87. The Bertz CT molecular complexity index is 1350. The summed E-state index contributed by atoms with van der Waals surface area (Å²) in [5.74, 6) is -1.36. The number of likely N-dealkylation sites (N-methyl/N-ethyl adjacent to an activating group) is 1. The smallest absolute Gasteiger partial charge is 0.306 e. The van der Waals surface area contributed by atoms with Crippen molar-refractivity contribution in [2.75, 3.05) is 47.5 Å². The Balaban J connectivity index is 2.47. The van der Waals surface area contributed by atoms with Crippen molar-refractivity contribution < 1.29 is 62.1 Å². The number of hydrogen-bond donors (Lipinski definition) is 3. The highest BCUT2D eigenvalue weighted by Gasteiger charge is 2.35. The number of hydrogen-bond acceptors (Lipinski definition) is 12. The van der Waals surface area contributed by atoms with Crippen LogP contribution in [-0.2, 0) is 37.4 Å². The topological polar surface area (TPSA) is 181 Å². The molecule has 3 N–H and O–H groups in total. The van der Waals surface area contributed by atoms with Crippen molar-refractivity contribution in [1.82, 2.24) is 0 Å². The van der Waals surface area contributed by atoms with Crippen molar-refractivity contribution in [3.63, 3.8) is 0 Å². The first-order chi connectivity index (χ1) is 30.7. The summed E-state index contributed by atoms with van der Waals surface area (Å²) in [6, 6.07) is 0. The molecule has 0 aromatic rings. The van der Waals surface area contributed by atoms with E-state index in [4.69, 9.17) is 23.3 Å². The summed E-state index contributed by atoms with van der Waals surface area (Å²) >= 11 is 0. The highest BCUT2D eigenvalue weighted by atomic mass is 31.2. The van der Waals surface area contributed by atoms with Gasteiger partial charge < -0.3 is 48.0 Å². The van der Waals surface area contributed by atoms with E-state index < -0.39 is 57.1 Å². The third-order valence-electron chi connectivity index (χ3n) is 11.1. The number of esters is 2. The van der Waals surface area contributed by atoms with Gasteiger partial charge in [-0.25, -0.2) is 0 Å². The van der Waals surface area contributed by atoms with Gasteiger partial charge in [0.25, 0.3) is 7.82 Å². The molecule has 1 heterocycles. The molecule has 0 saturated carbocycles. The zero-order chi connectivity index (χ0) is 47.3. The average Bonchev–Trinajstić information content (AvgIpc) is 3.23. The van der Waals surface area contributed by atoms with Crippen LogP contribution in [0.15, 0.2) is 48.6 Å². The maximum atomic E-state index is 12.8. The monoisotopic (exact) mass is 928 g/mol. The Morgan fingerprint density at radius 3 is 1.98 bits per heavy atom. The number of quaternary nitrogens is 1. The van der Waals surface area contributed by atoms with Gasteiger partial charge in [0.15, 0.2) is 12.4 Å². The molecule has 7 atom stereocenters. The van der Waals surface area contributed by atoms with Gasteiger partial charge in [0.1, 0.15) is 19.8 Å². The molecule has 0 aliphatic carbocycles. The second-order valence-electron chi connectivity index (χ2n) is 18.3. The molecule has 1 fully saturated rings. The second-order valence-corrected chi connectivity index (χ2v) is 19.8. The van der Waals surface area contributed by atoms with Crippen LogP contribution in [-0.4, -0.2) is 110 Å². The van der Waals surface area contributed by atoms with Crippen LogP contribution in [0.1, 0.15) is 174 Å². The minimum absolute atomic E-state index is 0.0289. The lowest BCUT2D eigenvalue weighted by Crippen LogP contribution is -2.43. The molecule has 0 amide bonds. The Morgan fingerprint density at radius 1 is 0.750 bits per heavy atom. The van der Waals surface area contributed by atoms with E-state index in [1.807, 2.05) is 33.3 Å². The predicted molar refractivity (Wildman–Crippen MR) is 253 cm³/mol. The zero-order valence-corrected chi connectivity index (χ0v) is 41.4. The number of allylic oxidation sites excluding steroid dienone is 6. The number of aliphatic hydroxyl groups excluding tert-OH is 3. The fourth-order valence-corrected chi connectivity index (χ4v) is 7.86. The average molecular weight is 928 g/mol. The molecular formula is C50H90NO12P. The number of rotatable bonds is 40. The quantitative estimate of drug-likeness (QED) is 0.0174. The van der Waals surface area contributed by atoms with Crippen LogP contribution in [0, 0.1) is 5.92 Å². The molecule has 1 aliphatic heterocycles. The number of aliphatic hydroxyl groups is 3. The van der Waals surface area contributed by atoms with Crippen LogP contribution in [0.25, 0.3) is 0 Å². The summed E-state index contributed by atoms with van der Waals surface area (Å²) in [7, 11) is 0.992. The zero-order valence-electron chi connectivity index (χ0n) is 40.5. The lowest BCUT2D eigenvalue weighted by molar-refractivity contribution is -0.870. The molecular weight excluding hydrogens is 838 g/mol. The van der Waals surface area contributed by atoms with Crippen LogP contribution in [0.4, 0.5) is 0 Å². The molecule has 13 nitrogen and oxygen atoms in total. The Labute approximate surface area is 387 Å². The van der Waals surface area contributed by atoms with Gasteiger partial charge in [-0.05, 0) is 64.2 Å². The maximum absolute atomic E-state index is 12.8. The van der Waals surface area contributed by atoms with E-state index in [0.29, 0.717) is 43.1 Å². The van der Waals surface area contributed by atoms with E-state index in [9.17, 15) is 34.4 Å². The number of carbonyl (C=O) groups is 2. The first-order valence-electron chi connectivity index (χ1n) is 24.7. The number of phosphoric ester groups is 1. The SMILES string of the molecule is CCCCC/C=C\C/C=C\CCCCCCCCCCCC(=O)OC[C@H](COP(=O)([O-])OCC[N+](C)(C)C)OC(=O)CCC/C=C\C[C@H]1[C@@H](O)CC(O)O[C@@H]1/C=C/[C@@H](O)CCCCC. The van der Waals surface area contributed by atoms with Gasteiger partial charge in [0, 0.05) is 25.2 Å². The standard InChI is InChI=1S/C50H90NO12P/c1-6-8-10-11-12-13-14-15-16-17-18-19-20-21-22-23-24-25-30-34-48(54)59-41-44(42-61-64(57,58)60-39-38-51(3,4)5)62-49(55)35-31-27-26-29-33-45-46(53)40-50(56)63-47(45)37-36-43(52)32-28-9-7-2/h12-13,15-16,26,29,36-37,43-47,50,52-53,56H,6-11,14,17-25,27-28,30-35,38-42H2,1-5H3/b13-12-,16-15-,29-26-,37-36+/t43-,44+,45-,46-,47+,50?/m0/s1. The Morgan fingerprint density at radius 2 is 1.33 bits per heavy atom. The molecule has 1 rings (SSSR count). The molecule has 0 aromatic heterocycles. The van der Waals surface area contributed by atoms with E-state index in [0.717, 1.165) is 51.4 Å². The molecule has 1 aliphatic rings. The minimum atomic E-state index is -4.71. The molecule has 64 heavy (non-hydrogen) atoms. The van der Waals surface area contributed by atoms with Crippen LogP contribution in [0.3, 0.4) is 0 Å². The molecule has 0 aromatic carbocycles. The summed E-state index contributed by atoms with van der Waals surface area (Å²) in [5, 5.41) is 31.1. The van der Waals surface area contributed by atoms with Crippen molar-refractivity contribution in [2.24, 2.45) is 5.92 Å². The van der Waals surface area contributed by atoms with Gasteiger partial charge >= 0.3 is 11.9 Å². The summed E-state index contributed by atoms with van der Waals surface area (Å²) < 4.78 is 39.6. The first-order valence-corrected chi connectivity index (χ1v) is 26.2. The highest BCUT2D eigenvalue weighted by Crippen LogP contribution is 2.38. The van der Waals surface area contributed by atoms with Crippen molar-refractivity contribution in [3.8, 4) is 0 Å². The van der Waals surface area contributed by atoms with Gasteiger partial charge in [0.2, 0.25) is 0 Å². The predicted octanol–water partition coefficient (Wildman–Crippen LogP) is 9.72. The largest absolute Gasteiger partial charge is 0.756 e. The Hall–Kier alpha value is -2.19. The number of nitrogens with zero attached hydrogens (tertiary/aromatic N) is 1. The van der Waals surface area contributed by atoms with Crippen molar-refractivity contribution >= 4 is 19.8 Å². The maximum Gasteiger partial charge on any atom is 0.306 e. The number of ether oxygens (including phenoxy) is 3. The van der Waals surface area contributed by atoms with Crippen LogP contribution < -0.4 is 4.89 Å². The first kappa shape index (κ1) is 59.8. The minimum Gasteiger partial charge on any atom is -0.756 e. The second kappa shape index (κ2) is 37.9. The van der Waals surface area contributed by atoms with Crippen molar-refractivity contribution in [3.05, 3.63) is 48.6 Å². The molecule has 14 heteroatoms. The summed E-state index contributed by atoms with van der Waals surface area (Å²) in [6.07, 6.45) is 34.6. The molecule has 2 unspecified atom stereocenters. The van der Waals surface area contributed by atoms with Crippen molar-refractivity contribution in [2.45, 2.75) is 205 Å². The third-order valence-corrected chi connectivity index (χ3v) is 12.1. The van der Waals surface area contributed by atoms with E-state index in [2.05, 4.69) is 38.2 Å². The third kappa shape index (κ3) is 35.1. The van der Waals surface area contributed by atoms with Crippen LogP contribution >= 0.6 is 7.82 Å². The molecule has 0 radical (unpaired) electrons. The number of phosphoric acid groups is 1. The van der Waals surface area contributed by atoms with E-state index in [-0.39, 0.29) is 38.4 Å². The highest BCUT2D eigenvalue weighted by molar-refractivity contribution is 7.45. The fourth-order valence-electron chi connectivity index (χ4n) is 7.14. The van der Waals surface area contributed by atoms with Crippen LogP contribution in [0.2, 0.25) is 0 Å².